The van der Waals surface area contributed by atoms with Gasteiger partial charge in [-0.2, -0.15) is 0 Å². The van der Waals surface area contributed by atoms with Gasteiger partial charge in [-0.15, -0.1) is 0 Å². The highest BCUT2D eigenvalue weighted by Gasteiger charge is 2.13. The van der Waals surface area contributed by atoms with Crippen LogP contribution in [0.25, 0.3) is 11.3 Å². The predicted octanol–water partition coefficient (Wildman–Crippen LogP) is 2.23. The summed E-state index contributed by atoms with van der Waals surface area (Å²) in [5.41, 5.74) is 1.01. The van der Waals surface area contributed by atoms with E-state index in [2.05, 4.69) is 10.5 Å². The molecule has 0 fully saturated rings. The minimum atomic E-state index is -0.356. The zero-order valence-corrected chi connectivity index (χ0v) is 9.24. The second kappa shape index (κ2) is 4.78. The van der Waals surface area contributed by atoms with Crippen LogP contribution in [0, 0.1) is 5.82 Å². The van der Waals surface area contributed by atoms with Gasteiger partial charge in [0.05, 0.1) is 0 Å². The zero-order chi connectivity index (χ0) is 12.3. The second-order valence-electron chi connectivity index (χ2n) is 3.45. The molecule has 0 aliphatic heterocycles. The number of nitrogens with one attached hydrogen (secondary N) is 1. The fourth-order valence-corrected chi connectivity index (χ4v) is 1.41. The third-order valence-corrected chi connectivity index (χ3v) is 2.19. The van der Waals surface area contributed by atoms with Gasteiger partial charge >= 0.3 is 0 Å². The predicted molar refractivity (Wildman–Crippen MR) is 59.9 cm³/mol. The molecule has 0 radical (unpaired) electrons. The normalized spacial score (nSPS) is 10.2. The zero-order valence-electron chi connectivity index (χ0n) is 9.24. The Morgan fingerprint density at radius 3 is 3.00 bits per heavy atom. The summed E-state index contributed by atoms with van der Waals surface area (Å²) < 4.78 is 17.9. The molecule has 0 unspecified atom stereocenters. The van der Waals surface area contributed by atoms with Gasteiger partial charge in [0.2, 0.25) is 5.76 Å². The summed E-state index contributed by atoms with van der Waals surface area (Å²) in [5, 5.41) is 6.32. The minimum absolute atomic E-state index is 0.117. The summed E-state index contributed by atoms with van der Waals surface area (Å²) >= 11 is 0. The van der Waals surface area contributed by atoms with Gasteiger partial charge in [-0.25, -0.2) is 4.39 Å². The number of hydrogen-bond acceptors (Lipinski definition) is 3. The van der Waals surface area contributed by atoms with Crippen molar-refractivity contribution >= 4 is 5.91 Å². The summed E-state index contributed by atoms with van der Waals surface area (Å²) in [4.78, 5) is 11.4. The Morgan fingerprint density at radius 1 is 1.47 bits per heavy atom. The monoisotopic (exact) mass is 234 g/mol. The number of aromatic nitrogens is 1. The molecule has 0 atom stereocenters. The van der Waals surface area contributed by atoms with Gasteiger partial charge in [-0.1, -0.05) is 17.3 Å². The minimum Gasteiger partial charge on any atom is -0.350 e. The van der Waals surface area contributed by atoms with Gasteiger partial charge in [-0.05, 0) is 19.1 Å². The number of amides is 1. The van der Waals surface area contributed by atoms with Gasteiger partial charge < -0.3 is 9.84 Å². The highest BCUT2D eigenvalue weighted by atomic mass is 19.1. The van der Waals surface area contributed by atoms with E-state index in [1.165, 1.54) is 18.2 Å². The Labute approximate surface area is 97.4 Å². The lowest BCUT2D eigenvalue weighted by atomic mass is 10.1. The van der Waals surface area contributed by atoms with Crippen molar-refractivity contribution in [2.24, 2.45) is 0 Å². The van der Waals surface area contributed by atoms with Gasteiger partial charge in [0.15, 0.2) is 0 Å². The third kappa shape index (κ3) is 2.50. The molecule has 5 heteroatoms. The van der Waals surface area contributed by atoms with Crippen molar-refractivity contribution in [3.8, 4) is 11.3 Å². The molecule has 4 nitrogen and oxygen atoms in total. The number of halogens is 1. The first-order valence-corrected chi connectivity index (χ1v) is 5.21. The van der Waals surface area contributed by atoms with Crippen LogP contribution in [0.1, 0.15) is 17.5 Å². The first-order valence-electron chi connectivity index (χ1n) is 5.21. The van der Waals surface area contributed by atoms with E-state index >= 15 is 0 Å². The van der Waals surface area contributed by atoms with Crippen LogP contribution >= 0.6 is 0 Å². The molecular formula is C12H11FN2O2. The molecule has 0 aliphatic carbocycles. The Balaban J connectivity index is 2.27. The van der Waals surface area contributed by atoms with Crippen LogP contribution in [-0.4, -0.2) is 17.6 Å². The van der Waals surface area contributed by atoms with E-state index < -0.39 is 0 Å². The van der Waals surface area contributed by atoms with E-state index in [4.69, 9.17) is 4.52 Å². The summed E-state index contributed by atoms with van der Waals surface area (Å²) in [6, 6.07) is 7.43. The number of rotatable bonds is 3. The maximum Gasteiger partial charge on any atom is 0.289 e. The van der Waals surface area contributed by atoms with Gasteiger partial charge in [-0.3, -0.25) is 4.79 Å². The summed E-state index contributed by atoms with van der Waals surface area (Å²) in [5.74, 6) is -0.571. The van der Waals surface area contributed by atoms with E-state index in [9.17, 15) is 9.18 Å². The van der Waals surface area contributed by atoms with Crippen LogP contribution in [0.4, 0.5) is 4.39 Å². The van der Waals surface area contributed by atoms with Crippen LogP contribution < -0.4 is 5.32 Å². The second-order valence-corrected chi connectivity index (χ2v) is 3.45. The molecule has 0 aliphatic rings. The molecule has 1 amide bonds. The summed E-state index contributed by atoms with van der Waals surface area (Å²) in [6.07, 6.45) is 0. The molecule has 0 saturated heterocycles. The Kier molecular flexibility index (Phi) is 3.18. The van der Waals surface area contributed by atoms with E-state index in [1.54, 1.807) is 12.1 Å². The molecule has 17 heavy (non-hydrogen) atoms. The molecule has 0 bridgehead atoms. The molecule has 2 rings (SSSR count). The Hall–Kier alpha value is -2.17. The van der Waals surface area contributed by atoms with E-state index in [0.29, 0.717) is 17.8 Å². The number of benzene rings is 1. The van der Waals surface area contributed by atoms with E-state index in [0.717, 1.165) is 0 Å². The largest absolute Gasteiger partial charge is 0.350 e. The molecule has 88 valence electrons. The van der Waals surface area contributed by atoms with Gasteiger partial charge in [0, 0.05) is 18.2 Å². The maximum atomic E-state index is 13.0. The molecule has 0 spiro atoms. The smallest absolute Gasteiger partial charge is 0.289 e. The summed E-state index contributed by atoms with van der Waals surface area (Å²) in [6.45, 7) is 2.32. The van der Waals surface area contributed by atoms with Crippen molar-refractivity contribution in [1.82, 2.24) is 10.5 Å². The van der Waals surface area contributed by atoms with Gasteiger partial charge in [0.25, 0.3) is 5.91 Å². The van der Waals surface area contributed by atoms with Crippen LogP contribution in [0.2, 0.25) is 0 Å². The van der Waals surface area contributed by atoms with Crippen molar-refractivity contribution in [1.29, 1.82) is 0 Å². The van der Waals surface area contributed by atoms with Crippen LogP contribution in [0.3, 0.4) is 0 Å². The Morgan fingerprint density at radius 2 is 2.29 bits per heavy atom. The first kappa shape index (κ1) is 11.3. The summed E-state index contributed by atoms with van der Waals surface area (Å²) in [7, 11) is 0. The quantitative estimate of drug-likeness (QED) is 0.886. The first-order chi connectivity index (χ1) is 8.20. The number of hydrogen-bond donors (Lipinski definition) is 1. The lowest BCUT2D eigenvalue weighted by Gasteiger charge is -1.95. The molecular weight excluding hydrogens is 223 g/mol. The van der Waals surface area contributed by atoms with Crippen LogP contribution in [0.15, 0.2) is 34.9 Å². The van der Waals surface area contributed by atoms with Gasteiger partial charge in [0.1, 0.15) is 11.5 Å². The molecule has 1 N–H and O–H groups in total. The van der Waals surface area contributed by atoms with Crippen molar-refractivity contribution in [3.05, 3.63) is 41.9 Å². The SMILES string of the molecule is CCNC(=O)c1cc(-c2cccc(F)c2)no1. The Bertz CT molecular complexity index is 537. The average Bonchev–Trinajstić information content (AvgIpc) is 2.78. The molecule has 1 aromatic carbocycles. The lowest BCUT2D eigenvalue weighted by Crippen LogP contribution is -2.21. The molecule has 0 saturated carbocycles. The average molecular weight is 234 g/mol. The topological polar surface area (TPSA) is 55.1 Å². The molecule has 1 aromatic heterocycles. The highest BCUT2D eigenvalue weighted by Crippen LogP contribution is 2.19. The molecule has 2 aromatic rings. The lowest BCUT2D eigenvalue weighted by molar-refractivity contribution is 0.0919. The molecule has 1 heterocycles. The van der Waals surface area contributed by atoms with E-state index in [1.807, 2.05) is 6.92 Å². The van der Waals surface area contributed by atoms with Crippen molar-refractivity contribution in [2.75, 3.05) is 6.54 Å². The third-order valence-electron chi connectivity index (χ3n) is 2.19. The highest BCUT2D eigenvalue weighted by molar-refractivity contribution is 5.92. The number of carbonyl (C=O) groups is 1. The maximum absolute atomic E-state index is 13.0. The van der Waals surface area contributed by atoms with Crippen molar-refractivity contribution in [3.63, 3.8) is 0 Å². The fourth-order valence-electron chi connectivity index (χ4n) is 1.41. The van der Waals surface area contributed by atoms with Crippen molar-refractivity contribution in [2.45, 2.75) is 6.92 Å². The standard InChI is InChI=1S/C12H11FN2O2/c1-2-14-12(16)11-7-10(15-17-11)8-4-3-5-9(13)6-8/h3-7H,2H2,1H3,(H,14,16). The van der Waals surface area contributed by atoms with E-state index in [-0.39, 0.29) is 17.5 Å². The number of nitrogens with zero attached hydrogens (tertiary/aromatic N) is 1. The number of carbonyl (C=O) groups excluding carboxylic acids is 1. The fraction of sp³-hybridized carbons (Fsp3) is 0.167. The van der Waals surface area contributed by atoms with Crippen molar-refractivity contribution < 1.29 is 13.7 Å². The van der Waals surface area contributed by atoms with Crippen LogP contribution in [0.5, 0.6) is 0 Å². The van der Waals surface area contributed by atoms with Crippen LogP contribution in [-0.2, 0) is 0 Å².